The molecule has 1 aliphatic heterocycles. The number of ether oxygens (including phenoxy) is 1. The molecule has 0 bridgehead atoms. The van der Waals surface area contributed by atoms with Crippen LogP contribution in [0, 0.1) is 11.6 Å². The zero-order valence-electron chi connectivity index (χ0n) is 17.4. The molecule has 1 atom stereocenters. The van der Waals surface area contributed by atoms with E-state index in [0.717, 1.165) is 12.1 Å². The van der Waals surface area contributed by atoms with Crippen molar-refractivity contribution in [2.45, 2.75) is 31.1 Å². The fraction of sp³-hybridized carbons (Fsp3) is 0.348. The molecule has 1 N–H and O–H groups in total. The predicted octanol–water partition coefficient (Wildman–Crippen LogP) is 2.77. The lowest BCUT2D eigenvalue weighted by molar-refractivity contribution is -0.0396. The third kappa shape index (κ3) is 5.17. The van der Waals surface area contributed by atoms with Gasteiger partial charge in [0.25, 0.3) is 0 Å². The summed E-state index contributed by atoms with van der Waals surface area (Å²) in [6.07, 6.45) is 3.70. The Balaban J connectivity index is 1.42. The van der Waals surface area contributed by atoms with Crippen LogP contribution in [0.5, 0.6) is 0 Å². The highest BCUT2D eigenvalue weighted by Gasteiger charge is 2.37. The van der Waals surface area contributed by atoms with Crippen LogP contribution in [0.25, 0.3) is 0 Å². The average Bonchev–Trinajstić information content (AvgIpc) is 3.28. The maximum absolute atomic E-state index is 14.6. The van der Waals surface area contributed by atoms with E-state index in [9.17, 15) is 18.7 Å². The number of piperidine rings is 1. The number of aliphatic hydroxyl groups is 1. The van der Waals surface area contributed by atoms with E-state index in [1.165, 1.54) is 23.4 Å². The number of hydrogen-bond donors (Lipinski definition) is 1. The normalized spacial score (nSPS) is 17.1. The monoisotopic (exact) mass is 442 g/mol. The summed E-state index contributed by atoms with van der Waals surface area (Å²) in [6, 6.07) is 12.0. The third-order valence-electron chi connectivity index (χ3n) is 5.63. The largest absolute Gasteiger partial charge is 0.459 e. The van der Waals surface area contributed by atoms with Crippen molar-refractivity contribution in [3.05, 3.63) is 83.9 Å². The van der Waals surface area contributed by atoms with Crippen LogP contribution in [-0.4, -0.2) is 56.5 Å². The second-order valence-electron chi connectivity index (χ2n) is 8.00. The first-order valence-corrected chi connectivity index (χ1v) is 10.4. The number of carbonyl (C=O) groups is 1. The summed E-state index contributed by atoms with van der Waals surface area (Å²) in [4.78, 5) is 18.1. The van der Waals surface area contributed by atoms with Crippen LogP contribution in [0.4, 0.5) is 8.78 Å². The molecular formula is C23H24F2N4O3. The van der Waals surface area contributed by atoms with Gasteiger partial charge in [0.2, 0.25) is 0 Å². The minimum atomic E-state index is -1.65. The quantitative estimate of drug-likeness (QED) is 0.567. The SMILES string of the molecule is O=C(OC1CCN(CC(O)(Cn2cncn2)c2ccc(F)cc2F)CC1)c1ccccc1. The van der Waals surface area contributed by atoms with Crippen LogP contribution in [0.2, 0.25) is 0 Å². The Bertz CT molecular complexity index is 1040. The maximum atomic E-state index is 14.6. The summed E-state index contributed by atoms with van der Waals surface area (Å²) in [6.45, 7) is 1.16. The highest BCUT2D eigenvalue weighted by atomic mass is 19.1. The molecule has 2 heterocycles. The van der Waals surface area contributed by atoms with Crippen LogP contribution < -0.4 is 0 Å². The highest BCUT2D eigenvalue weighted by Crippen LogP contribution is 2.29. The molecule has 7 nitrogen and oxygen atoms in total. The van der Waals surface area contributed by atoms with E-state index in [-0.39, 0.29) is 30.7 Å². The Labute approximate surface area is 184 Å². The minimum Gasteiger partial charge on any atom is -0.459 e. The van der Waals surface area contributed by atoms with Crippen LogP contribution in [0.1, 0.15) is 28.8 Å². The molecule has 1 saturated heterocycles. The molecule has 9 heteroatoms. The number of carbonyl (C=O) groups excluding carboxylic acids is 1. The van der Waals surface area contributed by atoms with Gasteiger partial charge in [0, 0.05) is 31.3 Å². The van der Waals surface area contributed by atoms with E-state index in [0.29, 0.717) is 31.5 Å². The number of rotatable bonds is 7. The van der Waals surface area contributed by atoms with Crippen molar-refractivity contribution < 1.29 is 23.4 Å². The Kier molecular flexibility index (Phi) is 6.57. The van der Waals surface area contributed by atoms with Crippen molar-refractivity contribution in [2.75, 3.05) is 19.6 Å². The molecule has 1 aromatic heterocycles. The van der Waals surface area contributed by atoms with Gasteiger partial charge in [0.1, 0.15) is 36.0 Å². The topological polar surface area (TPSA) is 80.5 Å². The third-order valence-corrected chi connectivity index (χ3v) is 5.63. The Morgan fingerprint density at radius 2 is 1.88 bits per heavy atom. The molecule has 3 aromatic rings. The van der Waals surface area contributed by atoms with Gasteiger partial charge in [-0.25, -0.2) is 23.2 Å². The number of halogens is 2. The average molecular weight is 442 g/mol. The smallest absolute Gasteiger partial charge is 0.338 e. The number of benzene rings is 2. The molecule has 2 aromatic carbocycles. The number of β-amino-alcohol motifs (C(OH)–C–C–N with tert-alkyl or cyclic N) is 1. The van der Waals surface area contributed by atoms with E-state index in [4.69, 9.17) is 4.74 Å². The summed E-state index contributed by atoms with van der Waals surface area (Å²) in [7, 11) is 0. The summed E-state index contributed by atoms with van der Waals surface area (Å²) >= 11 is 0. The van der Waals surface area contributed by atoms with E-state index in [1.54, 1.807) is 24.3 Å². The Hall–Kier alpha value is -3.17. The summed E-state index contributed by atoms with van der Waals surface area (Å²) in [5.74, 6) is -1.89. The second kappa shape index (κ2) is 9.54. The van der Waals surface area contributed by atoms with E-state index in [1.807, 2.05) is 11.0 Å². The van der Waals surface area contributed by atoms with Crippen LogP contribution in [0.3, 0.4) is 0 Å². The van der Waals surface area contributed by atoms with Gasteiger partial charge in [0.05, 0.1) is 12.1 Å². The van der Waals surface area contributed by atoms with Gasteiger partial charge >= 0.3 is 5.97 Å². The Morgan fingerprint density at radius 3 is 2.53 bits per heavy atom. The van der Waals surface area contributed by atoms with Crippen molar-refractivity contribution in [3.8, 4) is 0 Å². The molecular weight excluding hydrogens is 418 g/mol. The lowest BCUT2D eigenvalue weighted by atomic mass is 9.91. The minimum absolute atomic E-state index is 0.00738. The summed E-state index contributed by atoms with van der Waals surface area (Å²) in [5.41, 5.74) is -1.16. The van der Waals surface area contributed by atoms with Crippen molar-refractivity contribution in [1.29, 1.82) is 0 Å². The molecule has 0 saturated carbocycles. The second-order valence-corrected chi connectivity index (χ2v) is 8.00. The molecule has 0 aliphatic carbocycles. The lowest BCUT2D eigenvalue weighted by Gasteiger charge is -2.38. The van der Waals surface area contributed by atoms with Crippen LogP contribution in [-0.2, 0) is 16.9 Å². The fourth-order valence-electron chi connectivity index (χ4n) is 4.02. The number of likely N-dealkylation sites (tertiary alicyclic amines) is 1. The van der Waals surface area contributed by atoms with Gasteiger partial charge in [-0.15, -0.1) is 0 Å². The van der Waals surface area contributed by atoms with Gasteiger partial charge in [-0.1, -0.05) is 24.3 Å². The molecule has 1 aliphatic rings. The fourth-order valence-corrected chi connectivity index (χ4v) is 4.02. The zero-order chi connectivity index (χ0) is 22.6. The van der Waals surface area contributed by atoms with Gasteiger partial charge in [0.15, 0.2) is 0 Å². The standard InChI is InChI=1S/C23H24F2N4O3/c24-18-6-7-20(21(25)12-18)23(31,14-29-16-26-15-27-29)13-28-10-8-19(9-11-28)32-22(30)17-4-2-1-3-5-17/h1-7,12,15-16,19,31H,8-11,13-14H2. The van der Waals surface area contributed by atoms with Gasteiger partial charge in [-0.3, -0.25) is 4.90 Å². The molecule has 32 heavy (non-hydrogen) atoms. The number of esters is 1. The molecule has 0 radical (unpaired) electrons. The van der Waals surface area contributed by atoms with Crippen LogP contribution >= 0.6 is 0 Å². The van der Waals surface area contributed by atoms with Crippen molar-refractivity contribution >= 4 is 5.97 Å². The molecule has 1 fully saturated rings. The number of aromatic nitrogens is 3. The van der Waals surface area contributed by atoms with Crippen molar-refractivity contribution in [2.24, 2.45) is 0 Å². The molecule has 1 unspecified atom stereocenters. The van der Waals surface area contributed by atoms with Gasteiger partial charge in [-0.05, 0) is 31.0 Å². The van der Waals surface area contributed by atoms with E-state index < -0.39 is 17.2 Å². The summed E-state index contributed by atoms with van der Waals surface area (Å²) < 4.78 is 35.0. The van der Waals surface area contributed by atoms with Gasteiger partial charge < -0.3 is 9.84 Å². The first kappa shape index (κ1) is 22.0. The predicted molar refractivity (Wildman–Crippen MR) is 112 cm³/mol. The number of nitrogens with zero attached hydrogens (tertiary/aromatic N) is 4. The molecule has 0 amide bonds. The molecule has 4 rings (SSSR count). The molecule has 0 spiro atoms. The zero-order valence-corrected chi connectivity index (χ0v) is 17.4. The summed E-state index contributed by atoms with van der Waals surface area (Å²) in [5, 5.41) is 15.5. The number of hydrogen-bond acceptors (Lipinski definition) is 6. The highest BCUT2D eigenvalue weighted by molar-refractivity contribution is 5.89. The van der Waals surface area contributed by atoms with E-state index >= 15 is 0 Å². The Morgan fingerprint density at radius 1 is 1.12 bits per heavy atom. The van der Waals surface area contributed by atoms with Crippen LogP contribution in [0.15, 0.2) is 61.2 Å². The van der Waals surface area contributed by atoms with Crippen molar-refractivity contribution in [3.63, 3.8) is 0 Å². The first-order valence-electron chi connectivity index (χ1n) is 10.4. The van der Waals surface area contributed by atoms with E-state index in [2.05, 4.69) is 10.1 Å². The maximum Gasteiger partial charge on any atom is 0.338 e. The lowest BCUT2D eigenvalue weighted by Crippen LogP contribution is -2.48. The molecule has 168 valence electrons. The first-order chi connectivity index (χ1) is 15.4. The van der Waals surface area contributed by atoms with Gasteiger partial charge in [-0.2, -0.15) is 5.10 Å². The van der Waals surface area contributed by atoms with Crippen molar-refractivity contribution in [1.82, 2.24) is 19.7 Å².